The molecule has 21 heavy (non-hydrogen) atoms. The van der Waals surface area contributed by atoms with Crippen LogP contribution in [0, 0.1) is 0 Å². The zero-order chi connectivity index (χ0) is 15.7. The first-order valence-electron chi connectivity index (χ1n) is 7.68. The molecule has 4 nitrogen and oxygen atoms in total. The quantitative estimate of drug-likeness (QED) is 0.719. The van der Waals surface area contributed by atoms with Gasteiger partial charge in [-0.2, -0.15) is 0 Å². The van der Waals surface area contributed by atoms with Crippen molar-refractivity contribution in [3.8, 4) is 5.75 Å². The molecular formula is C17H29NO3. The Bertz CT molecular complexity index is 395. The lowest BCUT2D eigenvalue weighted by Crippen LogP contribution is -2.31. The maximum atomic E-state index is 6.16. The predicted molar refractivity (Wildman–Crippen MR) is 85.9 cm³/mol. The number of hydrogen-bond donors (Lipinski definition) is 1. The van der Waals surface area contributed by atoms with Crippen LogP contribution in [-0.2, 0) is 9.47 Å². The van der Waals surface area contributed by atoms with Crippen LogP contribution in [0.1, 0.15) is 39.4 Å². The molecule has 1 rings (SSSR count). The molecule has 0 spiro atoms. The van der Waals surface area contributed by atoms with E-state index in [1.54, 1.807) is 7.11 Å². The number of benzene rings is 1. The Morgan fingerprint density at radius 2 is 1.86 bits per heavy atom. The van der Waals surface area contributed by atoms with E-state index in [4.69, 9.17) is 14.2 Å². The summed E-state index contributed by atoms with van der Waals surface area (Å²) in [6, 6.07) is 8.41. The van der Waals surface area contributed by atoms with Gasteiger partial charge in [-0.25, -0.2) is 0 Å². The van der Waals surface area contributed by atoms with Gasteiger partial charge in [0.05, 0.1) is 25.9 Å². The smallest absolute Gasteiger partial charge is 0.124 e. The molecule has 2 unspecified atom stereocenters. The fourth-order valence-electron chi connectivity index (χ4n) is 2.11. The Hall–Kier alpha value is -1.10. The lowest BCUT2D eigenvalue weighted by Gasteiger charge is -2.25. The third-order valence-electron chi connectivity index (χ3n) is 3.15. The fourth-order valence-corrected chi connectivity index (χ4v) is 2.11. The lowest BCUT2D eigenvalue weighted by molar-refractivity contribution is -0.0481. The van der Waals surface area contributed by atoms with E-state index in [2.05, 4.69) is 25.2 Å². The molecule has 4 heteroatoms. The van der Waals surface area contributed by atoms with E-state index in [1.165, 1.54) is 0 Å². The maximum Gasteiger partial charge on any atom is 0.124 e. The highest BCUT2D eigenvalue weighted by molar-refractivity contribution is 5.35. The van der Waals surface area contributed by atoms with Crippen molar-refractivity contribution in [3.05, 3.63) is 29.8 Å². The molecule has 1 aromatic carbocycles. The van der Waals surface area contributed by atoms with Crippen molar-refractivity contribution >= 4 is 0 Å². The molecule has 0 aliphatic carbocycles. The summed E-state index contributed by atoms with van der Waals surface area (Å²) in [4.78, 5) is 0. The highest BCUT2D eigenvalue weighted by Gasteiger charge is 2.19. The summed E-state index contributed by atoms with van der Waals surface area (Å²) >= 11 is 0. The van der Waals surface area contributed by atoms with Gasteiger partial charge in [-0.1, -0.05) is 32.0 Å². The highest BCUT2D eigenvalue weighted by atomic mass is 16.5. The van der Waals surface area contributed by atoms with Crippen molar-refractivity contribution in [2.24, 2.45) is 0 Å². The lowest BCUT2D eigenvalue weighted by atomic mass is 10.1. The molecule has 0 aromatic heterocycles. The van der Waals surface area contributed by atoms with Gasteiger partial charge >= 0.3 is 0 Å². The molecule has 0 saturated carbocycles. The Kier molecular flexibility index (Phi) is 8.35. The van der Waals surface area contributed by atoms with Gasteiger partial charge in [-0.05, 0) is 19.9 Å². The van der Waals surface area contributed by atoms with Crippen molar-refractivity contribution in [3.63, 3.8) is 0 Å². The van der Waals surface area contributed by atoms with Crippen LogP contribution in [0.5, 0.6) is 5.75 Å². The monoisotopic (exact) mass is 295 g/mol. The van der Waals surface area contributed by atoms with E-state index in [1.807, 2.05) is 32.0 Å². The average molecular weight is 295 g/mol. The van der Waals surface area contributed by atoms with Gasteiger partial charge in [-0.15, -0.1) is 0 Å². The molecule has 120 valence electrons. The Labute approximate surface area is 128 Å². The largest absolute Gasteiger partial charge is 0.496 e. The molecule has 1 N–H and O–H groups in total. The summed E-state index contributed by atoms with van der Waals surface area (Å²) in [5, 5.41) is 3.44. The van der Waals surface area contributed by atoms with E-state index < -0.39 is 0 Å². The summed E-state index contributed by atoms with van der Waals surface area (Å²) in [5.41, 5.74) is 1.07. The van der Waals surface area contributed by atoms with Crippen LogP contribution < -0.4 is 10.1 Å². The second-order valence-electron chi connectivity index (χ2n) is 5.40. The number of rotatable bonds is 10. The number of ether oxygens (including phenoxy) is 3. The van der Waals surface area contributed by atoms with Crippen LogP contribution in [0.3, 0.4) is 0 Å². The summed E-state index contributed by atoms with van der Waals surface area (Å²) in [6.45, 7) is 10.3. The third-order valence-corrected chi connectivity index (χ3v) is 3.15. The van der Waals surface area contributed by atoms with E-state index in [-0.39, 0.29) is 12.2 Å². The van der Waals surface area contributed by atoms with Crippen molar-refractivity contribution in [2.45, 2.75) is 45.9 Å². The van der Waals surface area contributed by atoms with E-state index in [9.17, 15) is 0 Å². The molecule has 0 heterocycles. The van der Waals surface area contributed by atoms with Crippen molar-refractivity contribution in [1.82, 2.24) is 5.32 Å². The zero-order valence-electron chi connectivity index (χ0n) is 13.9. The van der Waals surface area contributed by atoms with Gasteiger partial charge in [0.25, 0.3) is 0 Å². The molecular weight excluding hydrogens is 266 g/mol. The Balaban J connectivity index is 2.80. The average Bonchev–Trinajstić information content (AvgIpc) is 2.49. The molecule has 2 atom stereocenters. The first-order chi connectivity index (χ1) is 10.1. The van der Waals surface area contributed by atoms with Crippen LogP contribution >= 0.6 is 0 Å². The molecule has 0 amide bonds. The number of methoxy groups -OCH3 is 1. The van der Waals surface area contributed by atoms with Gasteiger partial charge in [0.15, 0.2) is 0 Å². The molecule has 0 radical (unpaired) electrons. The SMILES string of the molecule is CCOCC(C)OC(CNC(C)C)c1ccccc1OC. The Morgan fingerprint density at radius 1 is 1.14 bits per heavy atom. The Morgan fingerprint density at radius 3 is 2.48 bits per heavy atom. The fraction of sp³-hybridized carbons (Fsp3) is 0.647. The van der Waals surface area contributed by atoms with Crippen molar-refractivity contribution in [2.75, 3.05) is 26.9 Å². The third kappa shape index (κ3) is 6.46. The zero-order valence-corrected chi connectivity index (χ0v) is 13.9. The van der Waals surface area contributed by atoms with Crippen LogP contribution in [0.25, 0.3) is 0 Å². The van der Waals surface area contributed by atoms with Gasteiger partial charge in [0.2, 0.25) is 0 Å². The second-order valence-corrected chi connectivity index (χ2v) is 5.40. The number of para-hydroxylation sites is 1. The van der Waals surface area contributed by atoms with E-state index >= 15 is 0 Å². The van der Waals surface area contributed by atoms with Gasteiger partial charge in [0, 0.05) is 24.8 Å². The van der Waals surface area contributed by atoms with Gasteiger partial charge in [0.1, 0.15) is 5.75 Å². The summed E-state index contributed by atoms with van der Waals surface area (Å²) in [7, 11) is 1.69. The first-order valence-corrected chi connectivity index (χ1v) is 7.68. The molecule has 0 fully saturated rings. The van der Waals surface area contributed by atoms with Gasteiger partial charge < -0.3 is 19.5 Å². The second kappa shape index (κ2) is 9.77. The normalized spacial score (nSPS) is 14.2. The summed E-state index contributed by atoms with van der Waals surface area (Å²) in [6.07, 6.45) is -0.0205. The minimum atomic E-state index is -0.0565. The number of hydrogen-bond acceptors (Lipinski definition) is 4. The maximum absolute atomic E-state index is 6.16. The number of nitrogens with one attached hydrogen (secondary N) is 1. The minimum absolute atomic E-state index is 0.0359. The minimum Gasteiger partial charge on any atom is -0.496 e. The molecule has 0 saturated heterocycles. The van der Waals surface area contributed by atoms with Crippen LogP contribution in [0.15, 0.2) is 24.3 Å². The topological polar surface area (TPSA) is 39.7 Å². The van der Waals surface area contributed by atoms with E-state index in [0.717, 1.165) is 17.9 Å². The van der Waals surface area contributed by atoms with Crippen molar-refractivity contribution in [1.29, 1.82) is 0 Å². The molecule has 0 aliphatic heterocycles. The van der Waals surface area contributed by atoms with Crippen LogP contribution in [-0.4, -0.2) is 39.0 Å². The molecule has 0 aliphatic rings. The summed E-state index contributed by atoms with van der Waals surface area (Å²) < 4.78 is 17.1. The van der Waals surface area contributed by atoms with Crippen LogP contribution in [0.4, 0.5) is 0 Å². The summed E-state index contributed by atoms with van der Waals surface area (Å²) in [5.74, 6) is 0.858. The van der Waals surface area contributed by atoms with E-state index in [0.29, 0.717) is 19.3 Å². The van der Waals surface area contributed by atoms with Crippen LogP contribution in [0.2, 0.25) is 0 Å². The highest BCUT2D eigenvalue weighted by Crippen LogP contribution is 2.28. The first kappa shape index (κ1) is 18.0. The van der Waals surface area contributed by atoms with Crippen molar-refractivity contribution < 1.29 is 14.2 Å². The standard InChI is InChI=1S/C17H29NO3/c1-6-20-12-14(4)21-17(11-18-13(2)3)15-9-7-8-10-16(15)19-5/h7-10,13-14,17-18H,6,11-12H2,1-5H3. The predicted octanol–water partition coefficient (Wildman–Crippen LogP) is 3.18. The molecule has 1 aromatic rings. The molecule has 0 bridgehead atoms. The van der Waals surface area contributed by atoms with Gasteiger partial charge in [-0.3, -0.25) is 0 Å².